The molecule has 2 aromatic carbocycles. The Morgan fingerprint density at radius 1 is 1.04 bits per heavy atom. The van der Waals surface area contributed by atoms with Crippen LogP contribution in [0.1, 0.15) is 5.56 Å². The van der Waals surface area contributed by atoms with Crippen LogP contribution in [0, 0.1) is 0 Å². The van der Waals surface area contributed by atoms with Gasteiger partial charge in [0.2, 0.25) is 5.95 Å². The minimum absolute atomic E-state index is 0.543. The summed E-state index contributed by atoms with van der Waals surface area (Å²) >= 11 is 5.96. The molecular formula is C21H17ClN6. The van der Waals surface area contributed by atoms with E-state index in [0.717, 1.165) is 47.0 Å². The number of para-hydroxylation sites is 1. The molecule has 0 atom stereocenters. The van der Waals surface area contributed by atoms with Gasteiger partial charge in [-0.15, -0.1) is 5.10 Å². The average Bonchev–Trinajstić information content (AvgIpc) is 3.08. The van der Waals surface area contributed by atoms with Crippen molar-refractivity contribution in [3.8, 4) is 16.9 Å². The van der Waals surface area contributed by atoms with Gasteiger partial charge in [-0.1, -0.05) is 29.8 Å². The van der Waals surface area contributed by atoms with Gasteiger partial charge in [-0.2, -0.15) is 0 Å². The van der Waals surface area contributed by atoms with Crippen LogP contribution in [-0.4, -0.2) is 26.3 Å². The molecule has 1 aliphatic rings. The van der Waals surface area contributed by atoms with Gasteiger partial charge in [0.1, 0.15) is 0 Å². The minimum atomic E-state index is 0.543. The SMILES string of the molecule is Clc1ccc(Nc2ncc3c(n2)-c2cn(-c4ccccc4)nc2NCC3)cc1. The highest BCUT2D eigenvalue weighted by Crippen LogP contribution is 2.32. The highest BCUT2D eigenvalue weighted by atomic mass is 35.5. The zero-order valence-electron chi connectivity index (χ0n) is 14.9. The quantitative estimate of drug-likeness (QED) is 0.532. The van der Waals surface area contributed by atoms with Crippen LogP contribution in [-0.2, 0) is 6.42 Å². The van der Waals surface area contributed by atoms with Crippen molar-refractivity contribution in [1.82, 2.24) is 19.7 Å². The fraction of sp³-hybridized carbons (Fsp3) is 0.0952. The van der Waals surface area contributed by atoms with Crippen molar-refractivity contribution >= 4 is 29.1 Å². The number of halogens is 1. The van der Waals surface area contributed by atoms with Gasteiger partial charge in [-0.25, -0.2) is 14.6 Å². The minimum Gasteiger partial charge on any atom is -0.368 e. The van der Waals surface area contributed by atoms with E-state index in [9.17, 15) is 0 Å². The van der Waals surface area contributed by atoms with Crippen LogP contribution in [0.4, 0.5) is 17.5 Å². The summed E-state index contributed by atoms with van der Waals surface area (Å²) < 4.78 is 1.88. The second-order valence-electron chi connectivity index (χ2n) is 6.55. The lowest BCUT2D eigenvalue weighted by Crippen LogP contribution is -2.05. The van der Waals surface area contributed by atoms with Crippen LogP contribution in [0.5, 0.6) is 0 Å². The average molecular weight is 389 g/mol. The molecule has 1 aliphatic heterocycles. The zero-order chi connectivity index (χ0) is 18.9. The van der Waals surface area contributed by atoms with E-state index < -0.39 is 0 Å². The summed E-state index contributed by atoms with van der Waals surface area (Å²) in [5.74, 6) is 1.38. The lowest BCUT2D eigenvalue weighted by Gasteiger charge is -2.09. The van der Waals surface area contributed by atoms with Crippen molar-refractivity contribution in [3.05, 3.63) is 77.6 Å². The van der Waals surface area contributed by atoms with Gasteiger partial charge in [-0.3, -0.25) is 0 Å². The number of aromatic nitrogens is 4. The van der Waals surface area contributed by atoms with E-state index >= 15 is 0 Å². The van der Waals surface area contributed by atoms with E-state index in [4.69, 9.17) is 21.7 Å². The molecule has 4 aromatic rings. The van der Waals surface area contributed by atoms with Crippen molar-refractivity contribution in [2.24, 2.45) is 0 Å². The highest BCUT2D eigenvalue weighted by molar-refractivity contribution is 6.30. The van der Waals surface area contributed by atoms with Crippen LogP contribution < -0.4 is 10.6 Å². The van der Waals surface area contributed by atoms with Gasteiger partial charge in [-0.05, 0) is 48.4 Å². The Hall–Kier alpha value is -3.38. The summed E-state index contributed by atoms with van der Waals surface area (Å²) in [6.07, 6.45) is 4.75. The Morgan fingerprint density at radius 3 is 2.68 bits per heavy atom. The predicted octanol–water partition coefficient (Wildman–Crippen LogP) is 4.69. The van der Waals surface area contributed by atoms with Gasteiger partial charge in [0, 0.05) is 29.6 Å². The Balaban J connectivity index is 1.54. The number of nitrogens with zero attached hydrogens (tertiary/aromatic N) is 4. The molecule has 2 N–H and O–H groups in total. The van der Waals surface area contributed by atoms with Crippen LogP contribution >= 0.6 is 11.6 Å². The number of hydrogen-bond donors (Lipinski definition) is 2. The Morgan fingerprint density at radius 2 is 1.86 bits per heavy atom. The largest absolute Gasteiger partial charge is 0.368 e. The van der Waals surface area contributed by atoms with Crippen molar-refractivity contribution < 1.29 is 0 Å². The molecule has 0 spiro atoms. The molecule has 0 fully saturated rings. The summed E-state index contributed by atoms with van der Waals surface area (Å²) in [6, 6.07) is 17.5. The third-order valence-corrected chi connectivity index (χ3v) is 4.89. The van der Waals surface area contributed by atoms with Crippen molar-refractivity contribution in [2.45, 2.75) is 6.42 Å². The molecule has 5 rings (SSSR count). The first-order valence-corrected chi connectivity index (χ1v) is 9.42. The molecule has 0 unspecified atom stereocenters. The molecule has 7 heteroatoms. The molecule has 0 amide bonds. The molecule has 0 aliphatic carbocycles. The maximum atomic E-state index is 5.96. The van der Waals surface area contributed by atoms with E-state index in [1.54, 1.807) is 0 Å². The predicted molar refractivity (Wildman–Crippen MR) is 112 cm³/mol. The van der Waals surface area contributed by atoms with Crippen LogP contribution in [0.15, 0.2) is 67.0 Å². The Bertz CT molecular complexity index is 1120. The first-order chi connectivity index (χ1) is 13.8. The highest BCUT2D eigenvalue weighted by Gasteiger charge is 2.20. The van der Waals surface area contributed by atoms with E-state index in [1.165, 1.54) is 0 Å². The van der Waals surface area contributed by atoms with Crippen LogP contribution in [0.2, 0.25) is 5.02 Å². The van der Waals surface area contributed by atoms with Crippen LogP contribution in [0.25, 0.3) is 16.9 Å². The number of hydrogen-bond acceptors (Lipinski definition) is 5. The van der Waals surface area contributed by atoms with Crippen molar-refractivity contribution in [2.75, 3.05) is 17.2 Å². The molecule has 138 valence electrons. The maximum absolute atomic E-state index is 5.96. The van der Waals surface area contributed by atoms with E-state index in [1.807, 2.05) is 71.7 Å². The molecule has 0 saturated heterocycles. The zero-order valence-corrected chi connectivity index (χ0v) is 15.7. The molecule has 0 radical (unpaired) electrons. The Kier molecular flexibility index (Phi) is 4.18. The summed E-state index contributed by atoms with van der Waals surface area (Å²) in [4.78, 5) is 9.27. The molecule has 0 saturated carbocycles. The molecule has 6 nitrogen and oxygen atoms in total. The lowest BCUT2D eigenvalue weighted by molar-refractivity contribution is 0.873. The number of nitrogens with one attached hydrogen (secondary N) is 2. The van der Waals surface area contributed by atoms with E-state index in [0.29, 0.717) is 11.0 Å². The first kappa shape index (κ1) is 16.8. The van der Waals surface area contributed by atoms with Gasteiger partial charge >= 0.3 is 0 Å². The van der Waals surface area contributed by atoms with Gasteiger partial charge < -0.3 is 10.6 Å². The normalized spacial score (nSPS) is 12.5. The first-order valence-electron chi connectivity index (χ1n) is 9.04. The second-order valence-corrected chi connectivity index (χ2v) is 6.98. The van der Waals surface area contributed by atoms with E-state index in [2.05, 4.69) is 15.6 Å². The van der Waals surface area contributed by atoms with Gasteiger partial charge in [0.15, 0.2) is 5.82 Å². The number of anilines is 3. The Labute approximate surface area is 167 Å². The standard InChI is InChI=1S/C21H17ClN6/c22-15-6-8-16(9-7-15)25-21-24-12-14-10-11-23-20-18(19(14)26-21)13-28(27-20)17-4-2-1-3-5-17/h1-9,12-13H,10-11H2,(H,23,27)(H,24,25,26). The summed E-state index contributed by atoms with van der Waals surface area (Å²) in [5, 5.41) is 12.1. The van der Waals surface area contributed by atoms with Gasteiger partial charge in [0.05, 0.1) is 16.9 Å². The third-order valence-electron chi connectivity index (χ3n) is 4.64. The lowest BCUT2D eigenvalue weighted by atomic mass is 10.1. The fourth-order valence-electron chi connectivity index (χ4n) is 3.25. The smallest absolute Gasteiger partial charge is 0.227 e. The summed E-state index contributed by atoms with van der Waals surface area (Å²) in [7, 11) is 0. The topological polar surface area (TPSA) is 67.7 Å². The number of rotatable bonds is 3. The molecule has 28 heavy (non-hydrogen) atoms. The fourth-order valence-corrected chi connectivity index (χ4v) is 3.38. The van der Waals surface area contributed by atoms with E-state index in [-0.39, 0.29) is 0 Å². The molecular weight excluding hydrogens is 372 g/mol. The molecule has 3 heterocycles. The van der Waals surface area contributed by atoms with Crippen LogP contribution in [0.3, 0.4) is 0 Å². The van der Waals surface area contributed by atoms with Crippen molar-refractivity contribution in [1.29, 1.82) is 0 Å². The summed E-state index contributed by atoms with van der Waals surface area (Å²) in [6.45, 7) is 0.791. The number of fused-ring (bicyclic) bond motifs is 3. The number of benzene rings is 2. The second kappa shape index (κ2) is 6.98. The third kappa shape index (κ3) is 3.18. The monoisotopic (exact) mass is 388 g/mol. The molecule has 0 bridgehead atoms. The van der Waals surface area contributed by atoms with Crippen molar-refractivity contribution in [3.63, 3.8) is 0 Å². The summed E-state index contributed by atoms with van der Waals surface area (Å²) in [5.41, 5.74) is 4.86. The van der Waals surface area contributed by atoms with Gasteiger partial charge in [0.25, 0.3) is 0 Å². The maximum Gasteiger partial charge on any atom is 0.227 e. The molecule has 2 aromatic heterocycles.